The SMILES string of the molecule is CNC(CC1CCCN(S(C)(=O)=O)C1)c1occc1C. The van der Waals surface area contributed by atoms with E-state index in [2.05, 4.69) is 5.32 Å². The highest BCUT2D eigenvalue weighted by Crippen LogP contribution is 2.30. The van der Waals surface area contributed by atoms with E-state index in [1.165, 1.54) is 6.26 Å². The van der Waals surface area contributed by atoms with Gasteiger partial charge in [-0.05, 0) is 50.8 Å². The lowest BCUT2D eigenvalue weighted by Gasteiger charge is -2.32. The van der Waals surface area contributed by atoms with Crippen molar-refractivity contribution in [2.45, 2.75) is 32.2 Å². The van der Waals surface area contributed by atoms with Crippen molar-refractivity contribution in [2.75, 3.05) is 26.4 Å². The summed E-state index contributed by atoms with van der Waals surface area (Å²) in [5.74, 6) is 1.34. The summed E-state index contributed by atoms with van der Waals surface area (Å²) in [7, 11) is -1.15. The van der Waals surface area contributed by atoms with Gasteiger partial charge in [-0.2, -0.15) is 0 Å². The highest BCUT2D eigenvalue weighted by molar-refractivity contribution is 7.88. The molecule has 1 saturated heterocycles. The number of hydrogen-bond acceptors (Lipinski definition) is 4. The molecule has 5 nitrogen and oxygen atoms in total. The number of rotatable bonds is 5. The molecule has 1 aliphatic rings. The number of piperidine rings is 1. The lowest BCUT2D eigenvalue weighted by Crippen LogP contribution is -2.40. The third-order valence-corrected chi connectivity index (χ3v) is 5.36. The Labute approximate surface area is 121 Å². The van der Waals surface area contributed by atoms with Gasteiger partial charge < -0.3 is 9.73 Å². The van der Waals surface area contributed by atoms with Crippen LogP contribution in [0.25, 0.3) is 0 Å². The van der Waals surface area contributed by atoms with Gasteiger partial charge >= 0.3 is 0 Å². The lowest BCUT2D eigenvalue weighted by molar-refractivity contribution is 0.232. The first-order valence-electron chi connectivity index (χ1n) is 7.08. The van der Waals surface area contributed by atoms with Crippen LogP contribution in [0.5, 0.6) is 0 Å². The molecular formula is C14H24N2O3S. The normalized spacial score (nSPS) is 22.9. The number of nitrogens with zero attached hydrogens (tertiary/aromatic N) is 1. The highest BCUT2D eigenvalue weighted by Gasteiger charge is 2.28. The Morgan fingerprint density at radius 1 is 1.55 bits per heavy atom. The zero-order valence-electron chi connectivity index (χ0n) is 12.4. The molecule has 0 amide bonds. The maximum Gasteiger partial charge on any atom is 0.211 e. The van der Waals surface area contributed by atoms with Gasteiger partial charge in [-0.1, -0.05) is 0 Å². The standard InChI is InChI=1S/C14H24N2O3S/c1-11-6-8-19-14(11)13(15-2)9-12-5-4-7-16(10-12)20(3,17)18/h6,8,12-13,15H,4-5,7,9-10H2,1-3H3. The molecule has 1 fully saturated rings. The molecule has 1 aromatic heterocycles. The molecule has 1 aromatic rings. The molecule has 0 bridgehead atoms. The van der Waals surface area contributed by atoms with Gasteiger partial charge in [0.1, 0.15) is 5.76 Å². The number of hydrogen-bond donors (Lipinski definition) is 1. The lowest BCUT2D eigenvalue weighted by atomic mass is 9.91. The molecule has 0 spiro atoms. The summed E-state index contributed by atoms with van der Waals surface area (Å²) in [6, 6.07) is 2.11. The molecule has 6 heteroatoms. The first-order chi connectivity index (χ1) is 9.41. The summed E-state index contributed by atoms with van der Waals surface area (Å²) in [6.45, 7) is 3.31. The summed E-state index contributed by atoms with van der Waals surface area (Å²) in [5.41, 5.74) is 1.14. The van der Waals surface area contributed by atoms with Crippen molar-refractivity contribution in [3.05, 3.63) is 23.7 Å². The maximum absolute atomic E-state index is 11.7. The molecule has 2 unspecified atom stereocenters. The van der Waals surface area contributed by atoms with Gasteiger partial charge in [0, 0.05) is 13.1 Å². The second-order valence-corrected chi connectivity index (χ2v) is 7.66. The number of aryl methyl sites for hydroxylation is 1. The van der Waals surface area contributed by atoms with Gasteiger partial charge in [0.15, 0.2) is 0 Å². The van der Waals surface area contributed by atoms with Crippen LogP contribution in [0.15, 0.2) is 16.7 Å². The smallest absolute Gasteiger partial charge is 0.211 e. The Bertz CT molecular complexity index is 538. The van der Waals surface area contributed by atoms with E-state index in [0.717, 1.165) is 30.6 Å². The topological polar surface area (TPSA) is 62.6 Å². The van der Waals surface area contributed by atoms with Gasteiger partial charge in [-0.3, -0.25) is 0 Å². The van der Waals surface area contributed by atoms with Gasteiger partial charge in [-0.15, -0.1) is 0 Å². The van der Waals surface area contributed by atoms with Crippen LogP contribution >= 0.6 is 0 Å². The fraction of sp³-hybridized carbons (Fsp3) is 0.714. The van der Waals surface area contributed by atoms with E-state index in [4.69, 9.17) is 4.42 Å². The number of sulfonamides is 1. The predicted molar refractivity (Wildman–Crippen MR) is 79.0 cm³/mol. The van der Waals surface area contributed by atoms with E-state index >= 15 is 0 Å². The van der Waals surface area contributed by atoms with Gasteiger partial charge in [0.2, 0.25) is 10.0 Å². The predicted octanol–water partition coefficient (Wildman–Crippen LogP) is 1.91. The fourth-order valence-corrected chi connectivity index (χ4v) is 3.89. The van der Waals surface area contributed by atoms with Gasteiger partial charge in [-0.25, -0.2) is 12.7 Å². The zero-order valence-corrected chi connectivity index (χ0v) is 13.2. The zero-order chi connectivity index (χ0) is 14.8. The van der Waals surface area contributed by atoms with E-state index in [1.807, 2.05) is 20.0 Å². The van der Waals surface area contributed by atoms with Crippen molar-refractivity contribution in [2.24, 2.45) is 5.92 Å². The summed E-state index contributed by atoms with van der Waals surface area (Å²) in [4.78, 5) is 0. The molecule has 1 aliphatic heterocycles. The monoisotopic (exact) mass is 300 g/mol. The minimum Gasteiger partial charge on any atom is -0.467 e. The van der Waals surface area contributed by atoms with Crippen LogP contribution in [0.3, 0.4) is 0 Å². The minimum absolute atomic E-state index is 0.148. The van der Waals surface area contributed by atoms with Crippen LogP contribution in [0.4, 0.5) is 0 Å². The van der Waals surface area contributed by atoms with Crippen molar-refractivity contribution in [1.82, 2.24) is 9.62 Å². The maximum atomic E-state index is 11.7. The molecule has 2 rings (SSSR count). The molecule has 0 aliphatic carbocycles. The largest absolute Gasteiger partial charge is 0.467 e. The Kier molecular flexibility index (Phi) is 4.88. The molecule has 2 heterocycles. The van der Waals surface area contributed by atoms with Crippen molar-refractivity contribution in [1.29, 1.82) is 0 Å². The number of furan rings is 1. The van der Waals surface area contributed by atoms with Crippen LogP contribution in [0.1, 0.15) is 36.6 Å². The Morgan fingerprint density at radius 3 is 2.85 bits per heavy atom. The highest BCUT2D eigenvalue weighted by atomic mass is 32.2. The molecule has 114 valence electrons. The first-order valence-corrected chi connectivity index (χ1v) is 8.93. The summed E-state index contributed by atoms with van der Waals surface area (Å²) in [6.07, 6.45) is 5.91. The Morgan fingerprint density at radius 2 is 2.30 bits per heavy atom. The van der Waals surface area contributed by atoms with Crippen molar-refractivity contribution in [3.8, 4) is 0 Å². The molecular weight excluding hydrogens is 276 g/mol. The molecule has 20 heavy (non-hydrogen) atoms. The molecule has 1 N–H and O–H groups in total. The van der Waals surface area contributed by atoms with E-state index in [-0.39, 0.29) is 6.04 Å². The van der Waals surface area contributed by atoms with E-state index in [0.29, 0.717) is 19.0 Å². The van der Waals surface area contributed by atoms with Crippen molar-refractivity contribution < 1.29 is 12.8 Å². The average molecular weight is 300 g/mol. The minimum atomic E-state index is -3.07. The molecule has 0 saturated carbocycles. The summed E-state index contributed by atoms with van der Waals surface area (Å²) >= 11 is 0. The van der Waals surface area contributed by atoms with Crippen molar-refractivity contribution in [3.63, 3.8) is 0 Å². The second kappa shape index (κ2) is 6.28. The number of nitrogens with one attached hydrogen (secondary N) is 1. The summed E-state index contributed by atoms with van der Waals surface area (Å²) < 4.78 is 30.5. The third-order valence-electron chi connectivity index (χ3n) is 4.09. The van der Waals surface area contributed by atoms with Gasteiger partial charge in [0.05, 0.1) is 18.6 Å². The third kappa shape index (κ3) is 3.62. The second-order valence-electron chi connectivity index (χ2n) is 5.67. The van der Waals surface area contributed by atoms with Crippen LogP contribution in [-0.4, -0.2) is 39.1 Å². The van der Waals surface area contributed by atoms with Crippen LogP contribution in [0, 0.1) is 12.8 Å². The van der Waals surface area contributed by atoms with E-state index in [1.54, 1.807) is 10.6 Å². The average Bonchev–Trinajstić information content (AvgIpc) is 2.81. The quantitative estimate of drug-likeness (QED) is 0.902. The molecule has 2 atom stereocenters. The van der Waals surface area contributed by atoms with Gasteiger partial charge in [0.25, 0.3) is 0 Å². The van der Waals surface area contributed by atoms with Crippen LogP contribution in [0.2, 0.25) is 0 Å². The van der Waals surface area contributed by atoms with E-state index in [9.17, 15) is 8.42 Å². The summed E-state index contributed by atoms with van der Waals surface area (Å²) in [5, 5.41) is 3.28. The first kappa shape index (κ1) is 15.5. The molecule has 0 radical (unpaired) electrons. The van der Waals surface area contributed by atoms with Crippen molar-refractivity contribution >= 4 is 10.0 Å². The Balaban J connectivity index is 2.03. The Hall–Kier alpha value is -0.850. The van der Waals surface area contributed by atoms with Crippen LogP contribution in [-0.2, 0) is 10.0 Å². The fourth-order valence-electron chi connectivity index (χ4n) is 2.95. The molecule has 0 aromatic carbocycles. The van der Waals surface area contributed by atoms with E-state index < -0.39 is 10.0 Å². The van der Waals surface area contributed by atoms with Crippen LogP contribution < -0.4 is 5.32 Å².